The van der Waals surface area contributed by atoms with Gasteiger partial charge in [0.05, 0.1) is 12.0 Å². The number of hydrogen-bond acceptors (Lipinski definition) is 7. The first kappa shape index (κ1) is 49.9. The number of primary amides is 1. The molecule has 0 fully saturated rings. The van der Waals surface area contributed by atoms with Crippen molar-refractivity contribution in [2.45, 2.75) is 147 Å². The van der Waals surface area contributed by atoms with E-state index >= 15 is 4.79 Å². The molecular weight excluding hydrogens is 817 g/mol. The van der Waals surface area contributed by atoms with Gasteiger partial charge in [0.15, 0.2) is 11.3 Å². The van der Waals surface area contributed by atoms with Crippen molar-refractivity contribution in [1.29, 1.82) is 0 Å². The molecule has 0 saturated carbocycles. The first-order valence-electron chi connectivity index (χ1n) is 23.4. The number of benzene rings is 4. The number of carboxylic acid groups (broad SMARTS) is 1. The van der Waals surface area contributed by atoms with Crippen LogP contribution in [0.3, 0.4) is 0 Å². The second kappa shape index (κ2) is 23.7. The van der Waals surface area contributed by atoms with Crippen LogP contribution in [0.25, 0.3) is 10.9 Å². The molecule has 0 aliphatic carbocycles. The summed E-state index contributed by atoms with van der Waals surface area (Å²) in [5, 5.41) is 15.6. The number of fused-ring (bicyclic) bond motifs is 1. The highest BCUT2D eigenvalue weighted by atomic mass is 16.6. The average molecular weight is 885 g/mol. The molecule has 11 heteroatoms. The molecule has 5 N–H and O–H groups in total. The Labute approximate surface area is 384 Å². The zero-order chi connectivity index (χ0) is 46.9. The fourth-order valence-electron chi connectivity index (χ4n) is 8.84. The van der Waals surface area contributed by atoms with Crippen molar-refractivity contribution in [2.24, 2.45) is 5.73 Å². The van der Waals surface area contributed by atoms with E-state index in [0.717, 1.165) is 36.1 Å². The number of amides is 3. The second-order valence-corrected chi connectivity index (χ2v) is 18.2. The highest BCUT2D eigenvalue weighted by molar-refractivity contribution is 6.15. The number of ether oxygens (including phenoxy) is 1. The Hall–Kier alpha value is -6.07. The van der Waals surface area contributed by atoms with Crippen molar-refractivity contribution in [2.75, 3.05) is 0 Å². The van der Waals surface area contributed by atoms with E-state index in [9.17, 15) is 24.3 Å². The Bertz CT molecular complexity index is 2210. The fourth-order valence-corrected chi connectivity index (χ4v) is 8.84. The lowest BCUT2D eigenvalue weighted by Crippen LogP contribution is -2.70. The zero-order valence-corrected chi connectivity index (χ0v) is 38.7. The molecular formula is C54H68N4O7. The molecule has 1 aromatic heterocycles. The Morgan fingerprint density at radius 2 is 1.14 bits per heavy atom. The summed E-state index contributed by atoms with van der Waals surface area (Å²) in [5.41, 5.74) is 3.38. The molecule has 0 aliphatic rings. The Morgan fingerprint density at radius 1 is 0.677 bits per heavy atom. The molecule has 0 saturated heterocycles. The molecule has 346 valence electrons. The average Bonchev–Trinajstić information content (AvgIpc) is 3.70. The van der Waals surface area contributed by atoms with Crippen LogP contribution in [0, 0.1) is 0 Å². The van der Waals surface area contributed by atoms with Gasteiger partial charge in [0.25, 0.3) is 0 Å². The number of imide groups is 1. The standard InChI is InChI=1S/C54H68N4O7/c1-5-6-7-8-9-10-11-12-13-14-15-25-36-48(60)58(51(64)65-52(2,3)4)46(37-40-39-56-45-35-27-26-34-44(40)45)49(61)53(50(62)63,38-47(55)59)57-54(41-28-19-16-20-29-41,42-30-21-17-22-31-42)43-32-23-18-24-33-43/h16-24,26-35,39,46,56-57H,5-15,25,36-38H2,1-4H3,(H2,55,59)(H,62,63)/t46-,53+/m0/s1. The third-order valence-corrected chi connectivity index (χ3v) is 12.1. The van der Waals surface area contributed by atoms with Gasteiger partial charge >= 0.3 is 12.1 Å². The van der Waals surface area contributed by atoms with Crippen molar-refractivity contribution < 1.29 is 33.8 Å². The van der Waals surface area contributed by atoms with Crippen LogP contribution in [0.5, 0.6) is 0 Å². The van der Waals surface area contributed by atoms with Crippen LogP contribution in [0.15, 0.2) is 121 Å². The summed E-state index contributed by atoms with van der Waals surface area (Å²) in [5.74, 6) is -4.61. The highest BCUT2D eigenvalue weighted by Gasteiger charge is 2.57. The molecule has 5 aromatic rings. The largest absolute Gasteiger partial charge is 0.480 e. The number of aromatic nitrogens is 1. The van der Waals surface area contributed by atoms with E-state index in [-0.39, 0.29) is 12.8 Å². The summed E-state index contributed by atoms with van der Waals surface area (Å²) in [6.45, 7) is 7.17. The number of hydrogen-bond donors (Lipinski definition) is 4. The molecule has 11 nitrogen and oxygen atoms in total. The van der Waals surface area contributed by atoms with Gasteiger partial charge in [-0.1, -0.05) is 187 Å². The Morgan fingerprint density at radius 3 is 1.60 bits per heavy atom. The number of carbonyl (C=O) groups is 5. The van der Waals surface area contributed by atoms with Crippen molar-refractivity contribution in [3.05, 3.63) is 144 Å². The van der Waals surface area contributed by atoms with Crippen LogP contribution in [-0.4, -0.2) is 61.8 Å². The number of unbranched alkanes of at least 4 members (excludes halogenated alkanes) is 11. The summed E-state index contributed by atoms with van der Waals surface area (Å²) < 4.78 is 5.88. The smallest absolute Gasteiger partial charge is 0.417 e. The van der Waals surface area contributed by atoms with Gasteiger partial charge in [-0.25, -0.2) is 14.5 Å². The van der Waals surface area contributed by atoms with Crippen molar-refractivity contribution >= 4 is 40.6 Å². The lowest BCUT2D eigenvalue weighted by molar-refractivity contribution is -0.157. The first-order valence-corrected chi connectivity index (χ1v) is 23.4. The van der Waals surface area contributed by atoms with Crippen LogP contribution < -0.4 is 11.1 Å². The Balaban J connectivity index is 1.62. The first-order chi connectivity index (χ1) is 31.2. The quantitative estimate of drug-likeness (QED) is 0.0241. The van der Waals surface area contributed by atoms with E-state index in [1.54, 1.807) is 63.4 Å². The molecule has 3 amide bonds. The predicted octanol–water partition coefficient (Wildman–Crippen LogP) is 10.8. The minimum atomic E-state index is -2.83. The Kier molecular flexibility index (Phi) is 18.2. The number of rotatable bonds is 26. The maximum absolute atomic E-state index is 16.1. The molecule has 0 unspecified atom stereocenters. The van der Waals surface area contributed by atoms with E-state index < -0.39 is 58.8 Å². The number of para-hydroxylation sites is 1. The summed E-state index contributed by atoms with van der Waals surface area (Å²) in [6.07, 6.45) is 12.1. The fraction of sp³-hybridized carbons (Fsp3) is 0.426. The van der Waals surface area contributed by atoms with Crippen LogP contribution >= 0.6 is 0 Å². The molecule has 5 rings (SSSR count). The van der Waals surface area contributed by atoms with E-state index in [0.29, 0.717) is 34.1 Å². The number of nitrogens with one attached hydrogen (secondary N) is 2. The van der Waals surface area contributed by atoms with E-state index in [2.05, 4.69) is 17.2 Å². The normalized spacial score (nSPS) is 13.2. The van der Waals surface area contributed by atoms with Crippen molar-refractivity contribution in [3.63, 3.8) is 0 Å². The molecule has 2 atom stereocenters. The number of H-pyrrole nitrogens is 1. The minimum absolute atomic E-state index is 0.0976. The second-order valence-electron chi connectivity index (χ2n) is 18.2. The molecule has 4 aromatic carbocycles. The number of carbonyl (C=O) groups excluding carboxylic acids is 4. The van der Waals surface area contributed by atoms with Gasteiger partial charge in [-0.15, -0.1) is 0 Å². The van der Waals surface area contributed by atoms with Gasteiger partial charge in [-0.05, 0) is 55.5 Å². The van der Waals surface area contributed by atoms with Gasteiger partial charge < -0.3 is 20.6 Å². The van der Waals surface area contributed by atoms with Gasteiger partial charge in [-0.2, -0.15) is 0 Å². The minimum Gasteiger partial charge on any atom is -0.480 e. The molecule has 1 heterocycles. The summed E-state index contributed by atoms with van der Waals surface area (Å²) in [7, 11) is 0. The number of nitrogens with zero attached hydrogens (tertiary/aromatic N) is 1. The van der Waals surface area contributed by atoms with Gasteiger partial charge in [0, 0.05) is 29.9 Å². The topological polar surface area (TPSA) is 172 Å². The number of nitrogens with two attached hydrogens (primary N) is 1. The van der Waals surface area contributed by atoms with Crippen LogP contribution in [0.1, 0.15) is 140 Å². The van der Waals surface area contributed by atoms with Gasteiger partial charge in [0.2, 0.25) is 11.8 Å². The van der Waals surface area contributed by atoms with Crippen molar-refractivity contribution in [1.82, 2.24) is 15.2 Å². The third kappa shape index (κ3) is 13.0. The third-order valence-electron chi connectivity index (χ3n) is 12.1. The number of ketones is 1. The predicted molar refractivity (Wildman–Crippen MR) is 256 cm³/mol. The van der Waals surface area contributed by atoms with Crippen LogP contribution in [0.2, 0.25) is 0 Å². The maximum Gasteiger partial charge on any atom is 0.417 e. The lowest BCUT2D eigenvalue weighted by Gasteiger charge is -2.45. The lowest BCUT2D eigenvalue weighted by atomic mass is 9.72. The summed E-state index contributed by atoms with van der Waals surface area (Å²) in [4.78, 5) is 77.2. The van der Waals surface area contributed by atoms with E-state index in [1.165, 1.54) is 44.9 Å². The zero-order valence-electron chi connectivity index (χ0n) is 38.7. The SMILES string of the molecule is CCCCCCCCCCCCCCC(=O)N(C(=O)OC(C)(C)C)[C@@H](Cc1c[nH]c2ccccc12)C(=O)[C@@](CC(N)=O)(NC(c1ccccc1)(c1ccccc1)c1ccccc1)C(=O)O. The molecule has 0 spiro atoms. The maximum atomic E-state index is 16.1. The van der Waals surface area contributed by atoms with Gasteiger partial charge in [0.1, 0.15) is 11.6 Å². The molecule has 0 aliphatic heterocycles. The summed E-state index contributed by atoms with van der Waals surface area (Å²) in [6, 6.07) is 32.7. The van der Waals surface area contributed by atoms with E-state index in [1.807, 2.05) is 78.9 Å². The number of aliphatic carboxylic acids is 1. The van der Waals surface area contributed by atoms with Crippen molar-refractivity contribution in [3.8, 4) is 0 Å². The number of carboxylic acids is 1. The monoisotopic (exact) mass is 885 g/mol. The van der Waals surface area contributed by atoms with Crippen LogP contribution in [0.4, 0.5) is 4.79 Å². The van der Waals surface area contributed by atoms with Gasteiger partial charge in [-0.3, -0.25) is 19.7 Å². The number of Topliss-reactive ketones (excluding diaryl/α,β-unsaturated/α-hetero) is 1. The molecule has 0 bridgehead atoms. The molecule has 0 radical (unpaired) electrons. The van der Waals surface area contributed by atoms with Crippen LogP contribution in [-0.2, 0) is 35.9 Å². The molecule has 65 heavy (non-hydrogen) atoms. The van der Waals surface area contributed by atoms with E-state index in [4.69, 9.17) is 10.5 Å². The summed E-state index contributed by atoms with van der Waals surface area (Å²) >= 11 is 0. The number of aromatic amines is 1. The highest BCUT2D eigenvalue weighted by Crippen LogP contribution is 2.40.